The van der Waals surface area contributed by atoms with Crippen LogP contribution < -0.4 is 10.6 Å². The van der Waals surface area contributed by atoms with Crippen molar-refractivity contribution in [2.24, 2.45) is 0 Å². The van der Waals surface area contributed by atoms with Crippen LogP contribution in [0.15, 0.2) is 16.8 Å². The molecule has 0 saturated heterocycles. The first-order valence-corrected chi connectivity index (χ1v) is 8.18. The smallest absolute Gasteiger partial charge is 0.277 e. The second-order valence-electron chi connectivity index (χ2n) is 6.12. The van der Waals surface area contributed by atoms with Crippen molar-refractivity contribution in [1.29, 1.82) is 0 Å². The van der Waals surface area contributed by atoms with Crippen LogP contribution in [0.1, 0.15) is 52.4 Å². The summed E-state index contributed by atoms with van der Waals surface area (Å²) in [5.41, 5.74) is 0.652. The van der Waals surface area contributed by atoms with Gasteiger partial charge in [-0.2, -0.15) is 5.10 Å². The number of H-pyrrole nitrogens is 1. The fourth-order valence-corrected chi connectivity index (χ4v) is 2.91. The van der Waals surface area contributed by atoms with Crippen LogP contribution in [0.3, 0.4) is 0 Å². The van der Waals surface area contributed by atoms with Crippen molar-refractivity contribution in [2.45, 2.75) is 44.8 Å². The van der Waals surface area contributed by atoms with Gasteiger partial charge in [0.2, 0.25) is 0 Å². The molecule has 9 heteroatoms. The van der Waals surface area contributed by atoms with E-state index in [0.29, 0.717) is 11.4 Å². The monoisotopic (exact) mass is 347 g/mol. The van der Waals surface area contributed by atoms with E-state index in [1.54, 1.807) is 14.0 Å². The second kappa shape index (κ2) is 7.47. The molecule has 0 atom stereocenters. The quantitative estimate of drug-likeness (QED) is 0.756. The summed E-state index contributed by atoms with van der Waals surface area (Å²) >= 11 is 0. The summed E-state index contributed by atoms with van der Waals surface area (Å²) in [7, 11) is 1.71. The van der Waals surface area contributed by atoms with E-state index in [9.17, 15) is 9.59 Å². The first-order valence-electron chi connectivity index (χ1n) is 8.18. The minimum absolute atomic E-state index is 0.0870. The highest BCUT2D eigenvalue weighted by molar-refractivity contribution is 6.07. The number of rotatable bonds is 5. The van der Waals surface area contributed by atoms with Crippen LogP contribution in [-0.2, 0) is 4.74 Å². The molecule has 0 aliphatic heterocycles. The standard InChI is InChI=1S/C16H21N5O4/c1-9-7-12(21-25-9)15(22)19-13-8-17-20-14(13)16(23)18-10-3-5-11(24-2)6-4-10/h7-8,10-11H,3-6H2,1-2H3,(H,17,20)(H,18,23)(H,19,22). The lowest BCUT2D eigenvalue weighted by Crippen LogP contribution is -2.39. The largest absolute Gasteiger partial charge is 0.381 e. The molecule has 2 heterocycles. The lowest BCUT2D eigenvalue weighted by molar-refractivity contribution is 0.0598. The van der Waals surface area contributed by atoms with Crippen LogP contribution in [0.4, 0.5) is 5.69 Å². The van der Waals surface area contributed by atoms with E-state index in [4.69, 9.17) is 9.26 Å². The predicted molar refractivity (Wildman–Crippen MR) is 88.3 cm³/mol. The number of hydrogen-bond donors (Lipinski definition) is 3. The lowest BCUT2D eigenvalue weighted by atomic mass is 9.93. The van der Waals surface area contributed by atoms with Gasteiger partial charge in [0.1, 0.15) is 11.5 Å². The molecular weight excluding hydrogens is 326 g/mol. The van der Waals surface area contributed by atoms with Gasteiger partial charge in [-0.05, 0) is 32.6 Å². The van der Waals surface area contributed by atoms with Crippen molar-refractivity contribution in [1.82, 2.24) is 20.7 Å². The summed E-state index contributed by atoms with van der Waals surface area (Å²) in [4.78, 5) is 24.6. The van der Waals surface area contributed by atoms with Crippen molar-refractivity contribution in [3.05, 3.63) is 29.4 Å². The number of methoxy groups -OCH3 is 1. The van der Waals surface area contributed by atoms with Crippen LogP contribution in [0.2, 0.25) is 0 Å². The van der Waals surface area contributed by atoms with Gasteiger partial charge < -0.3 is 19.9 Å². The molecule has 0 unspecified atom stereocenters. The zero-order valence-electron chi connectivity index (χ0n) is 14.2. The summed E-state index contributed by atoms with van der Waals surface area (Å²) in [6, 6.07) is 1.60. The summed E-state index contributed by atoms with van der Waals surface area (Å²) in [6.07, 6.45) is 5.21. The molecule has 2 aromatic rings. The summed E-state index contributed by atoms with van der Waals surface area (Å²) in [6.45, 7) is 1.69. The Morgan fingerprint density at radius 3 is 2.68 bits per heavy atom. The number of aromatic nitrogens is 3. The molecule has 0 bridgehead atoms. The topological polar surface area (TPSA) is 122 Å². The number of aromatic amines is 1. The van der Waals surface area contributed by atoms with E-state index in [2.05, 4.69) is 26.0 Å². The lowest BCUT2D eigenvalue weighted by Gasteiger charge is -2.28. The van der Waals surface area contributed by atoms with Gasteiger partial charge >= 0.3 is 0 Å². The first kappa shape index (κ1) is 17.2. The van der Waals surface area contributed by atoms with Crippen molar-refractivity contribution < 1.29 is 18.8 Å². The average molecular weight is 347 g/mol. The third-order valence-corrected chi connectivity index (χ3v) is 4.32. The van der Waals surface area contributed by atoms with Gasteiger partial charge in [-0.1, -0.05) is 5.16 Å². The van der Waals surface area contributed by atoms with Crippen molar-refractivity contribution >= 4 is 17.5 Å². The van der Waals surface area contributed by atoms with E-state index in [-0.39, 0.29) is 29.4 Å². The van der Waals surface area contributed by atoms with Crippen LogP contribution in [0, 0.1) is 6.92 Å². The number of anilines is 1. The fourth-order valence-electron chi connectivity index (χ4n) is 2.91. The maximum atomic E-state index is 12.5. The molecule has 1 fully saturated rings. The number of ether oxygens (including phenoxy) is 1. The zero-order valence-corrected chi connectivity index (χ0v) is 14.2. The van der Waals surface area contributed by atoms with Gasteiger partial charge in [-0.15, -0.1) is 0 Å². The van der Waals surface area contributed by atoms with Gasteiger partial charge in [0.25, 0.3) is 11.8 Å². The molecule has 9 nitrogen and oxygen atoms in total. The van der Waals surface area contributed by atoms with E-state index in [0.717, 1.165) is 25.7 Å². The highest BCUT2D eigenvalue weighted by Crippen LogP contribution is 2.21. The zero-order chi connectivity index (χ0) is 17.8. The number of hydrogen-bond acceptors (Lipinski definition) is 6. The molecule has 25 heavy (non-hydrogen) atoms. The van der Waals surface area contributed by atoms with E-state index >= 15 is 0 Å². The Bertz CT molecular complexity index is 745. The Balaban J connectivity index is 1.61. The van der Waals surface area contributed by atoms with Gasteiger partial charge in [0.05, 0.1) is 18.0 Å². The van der Waals surface area contributed by atoms with Gasteiger partial charge in [0.15, 0.2) is 5.69 Å². The molecule has 0 radical (unpaired) electrons. The SMILES string of the molecule is COC1CCC(NC(=O)c2[nH]ncc2NC(=O)c2cc(C)on2)CC1. The normalized spacial score (nSPS) is 20.2. The Labute approximate surface area is 144 Å². The van der Waals surface area contributed by atoms with E-state index < -0.39 is 5.91 Å². The molecule has 1 saturated carbocycles. The van der Waals surface area contributed by atoms with Crippen LogP contribution in [0.25, 0.3) is 0 Å². The number of carbonyl (C=O) groups is 2. The number of nitrogens with zero attached hydrogens (tertiary/aromatic N) is 2. The molecule has 3 rings (SSSR count). The molecule has 0 aromatic carbocycles. The molecule has 2 aromatic heterocycles. The fraction of sp³-hybridized carbons (Fsp3) is 0.500. The predicted octanol–water partition coefficient (Wildman–Crippen LogP) is 1.65. The highest BCUT2D eigenvalue weighted by atomic mass is 16.5. The molecular formula is C16H21N5O4. The number of nitrogens with one attached hydrogen (secondary N) is 3. The first-order chi connectivity index (χ1) is 12.1. The van der Waals surface area contributed by atoms with Gasteiger partial charge in [-0.25, -0.2) is 0 Å². The van der Waals surface area contributed by atoms with Crippen molar-refractivity contribution in [3.63, 3.8) is 0 Å². The van der Waals surface area contributed by atoms with Crippen LogP contribution in [0.5, 0.6) is 0 Å². The van der Waals surface area contributed by atoms with Gasteiger partial charge in [0, 0.05) is 19.2 Å². The molecule has 1 aliphatic rings. The summed E-state index contributed by atoms with van der Waals surface area (Å²) < 4.78 is 10.2. The van der Waals surface area contributed by atoms with E-state index in [1.165, 1.54) is 12.3 Å². The molecule has 1 aliphatic carbocycles. The Morgan fingerprint density at radius 2 is 2.04 bits per heavy atom. The third kappa shape index (κ3) is 4.05. The van der Waals surface area contributed by atoms with Crippen molar-refractivity contribution in [2.75, 3.05) is 12.4 Å². The third-order valence-electron chi connectivity index (χ3n) is 4.32. The molecule has 3 N–H and O–H groups in total. The molecule has 2 amide bonds. The minimum atomic E-state index is -0.465. The second-order valence-corrected chi connectivity index (χ2v) is 6.12. The molecule has 0 spiro atoms. The van der Waals surface area contributed by atoms with Crippen LogP contribution in [-0.4, -0.2) is 46.4 Å². The number of carbonyl (C=O) groups excluding carboxylic acids is 2. The number of aryl methyl sites for hydroxylation is 1. The number of amides is 2. The summed E-state index contributed by atoms with van der Waals surface area (Å²) in [5, 5.41) is 15.7. The average Bonchev–Trinajstić information content (AvgIpc) is 3.24. The Kier molecular flexibility index (Phi) is 5.13. The summed E-state index contributed by atoms with van der Waals surface area (Å²) in [5.74, 6) is -0.236. The van der Waals surface area contributed by atoms with Crippen molar-refractivity contribution in [3.8, 4) is 0 Å². The Morgan fingerprint density at radius 1 is 1.28 bits per heavy atom. The van der Waals surface area contributed by atoms with E-state index in [1.807, 2.05) is 0 Å². The Hall–Kier alpha value is -2.68. The van der Waals surface area contributed by atoms with Gasteiger partial charge in [-0.3, -0.25) is 14.7 Å². The highest BCUT2D eigenvalue weighted by Gasteiger charge is 2.24. The maximum Gasteiger partial charge on any atom is 0.277 e. The molecule has 134 valence electrons. The van der Waals surface area contributed by atoms with Crippen LogP contribution >= 0.6 is 0 Å². The maximum absolute atomic E-state index is 12.5. The minimum Gasteiger partial charge on any atom is -0.381 e.